The molecular formula is C26H34O9. The van der Waals surface area contributed by atoms with Crippen LogP contribution in [-0.2, 0) is 42.9 Å². The van der Waals surface area contributed by atoms with Crippen LogP contribution >= 0.6 is 0 Å². The lowest BCUT2D eigenvalue weighted by atomic mass is 9.43. The van der Waals surface area contributed by atoms with Gasteiger partial charge in [-0.25, -0.2) is 0 Å². The smallest absolute Gasteiger partial charge is 0.320 e. The molecule has 0 radical (unpaired) electrons. The molecule has 1 aliphatic heterocycles. The summed E-state index contributed by atoms with van der Waals surface area (Å²) in [5, 5.41) is 0. The van der Waals surface area contributed by atoms with E-state index in [2.05, 4.69) is 6.58 Å². The average Bonchev–Trinajstić information content (AvgIpc) is 2.97. The number of fused-ring (bicyclic) bond motifs is 2. The van der Waals surface area contributed by atoms with Crippen LogP contribution in [0.2, 0.25) is 0 Å². The zero-order chi connectivity index (χ0) is 25.8. The van der Waals surface area contributed by atoms with Crippen LogP contribution in [-0.4, -0.2) is 55.6 Å². The van der Waals surface area contributed by atoms with E-state index in [1.165, 1.54) is 20.8 Å². The van der Waals surface area contributed by atoms with Crippen molar-refractivity contribution in [2.75, 3.05) is 19.8 Å². The molecule has 9 heteroatoms. The van der Waals surface area contributed by atoms with E-state index in [1.807, 2.05) is 6.92 Å². The molecule has 0 aromatic rings. The minimum absolute atomic E-state index is 0.0481. The molecule has 0 N–H and O–H groups in total. The molecule has 1 saturated heterocycles. The van der Waals surface area contributed by atoms with Crippen LogP contribution in [0.1, 0.15) is 59.8 Å². The molecule has 2 bridgehead atoms. The minimum Gasteiger partial charge on any atom is -0.466 e. The highest BCUT2D eigenvalue weighted by Gasteiger charge is 2.75. The number of ketones is 1. The maximum Gasteiger partial charge on any atom is 0.320 e. The summed E-state index contributed by atoms with van der Waals surface area (Å²) in [5.74, 6) is -3.35. The Kier molecular flexibility index (Phi) is 6.34. The van der Waals surface area contributed by atoms with Gasteiger partial charge in [-0.1, -0.05) is 13.5 Å². The zero-order valence-electron chi connectivity index (χ0n) is 20.8. The predicted octanol–water partition coefficient (Wildman–Crippen LogP) is 2.55. The zero-order valence-corrected chi connectivity index (χ0v) is 20.8. The van der Waals surface area contributed by atoms with E-state index in [1.54, 1.807) is 0 Å². The molecule has 1 heterocycles. The second-order valence-corrected chi connectivity index (χ2v) is 11.0. The fraction of sp³-hybridized carbons (Fsp3) is 0.731. The minimum atomic E-state index is -1.40. The molecule has 7 atom stereocenters. The molecule has 9 nitrogen and oxygen atoms in total. The van der Waals surface area contributed by atoms with Gasteiger partial charge in [-0.2, -0.15) is 0 Å². The lowest BCUT2D eigenvalue weighted by Crippen LogP contribution is -2.69. The number of esters is 4. The Morgan fingerprint density at radius 1 is 1.03 bits per heavy atom. The third-order valence-corrected chi connectivity index (χ3v) is 9.06. The Morgan fingerprint density at radius 3 is 2.34 bits per heavy atom. The van der Waals surface area contributed by atoms with Crippen LogP contribution in [0.4, 0.5) is 0 Å². The fourth-order valence-corrected chi connectivity index (χ4v) is 7.54. The van der Waals surface area contributed by atoms with Crippen molar-refractivity contribution < 1.29 is 42.9 Å². The molecule has 0 amide bonds. The first-order valence-corrected chi connectivity index (χ1v) is 12.2. The van der Waals surface area contributed by atoms with Gasteiger partial charge < -0.3 is 18.9 Å². The normalized spacial score (nSPS) is 40.1. The highest BCUT2D eigenvalue weighted by Crippen LogP contribution is 2.68. The Balaban J connectivity index is 1.89. The maximum absolute atomic E-state index is 13.6. The van der Waals surface area contributed by atoms with Crippen molar-refractivity contribution in [3.8, 4) is 0 Å². The van der Waals surface area contributed by atoms with Crippen molar-refractivity contribution in [1.29, 1.82) is 0 Å². The molecule has 192 valence electrons. The quantitative estimate of drug-likeness (QED) is 0.248. The van der Waals surface area contributed by atoms with E-state index in [-0.39, 0.29) is 31.5 Å². The Labute approximate surface area is 204 Å². The third kappa shape index (κ3) is 3.78. The van der Waals surface area contributed by atoms with Crippen molar-refractivity contribution in [1.82, 2.24) is 0 Å². The summed E-state index contributed by atoms with van der Waals surface area (Å²) in [4.78, 5) is 62.8. The van der Waals surface area contributed by atoms with E-state index >= 15 is 0 Å². The number of hydrogen-bond donors (Lipinski definition) is 0. The van der Waals surface area contributed by atoms with Crippen molar-refractivity contribution in [3.63, 3.8) is 0 Å². The molecular weight excluding hydrogens is 456 g/mol. The molecule has 4 aliphatic rings. The molecule has 3 aliphatic carbocycles. The Bertz CT molecular complexity index is 985. The van der Waals surface area contributed by atoms with Crippen LogP contribution in [0, 0.1) is 34.0 Å². The second kappa shape index (κ2) is 8.75. The standard InChI is InChI=1S/C26H34O9/c1-14-18-6-7-19-25(10-18,22(14)30)23(31)34-13-26(19)20(11-32-15(2)27)24(5,12-33-16(3)28)9-8-21(26)35-17(4)29/h18-21H,1,6-13H2,2-5H3/t18-,19-,20-,21+,24-,25+,26+/m1/s1. The van der Waals surface area contributed by atoms with E-state index in [0.717, 1.165) is 0 Å². The number of rotatable bonds is 5. The van der Waals surface area contributed by atoms with Crippen molar-refractivity contribution >= 4 is 29.7 Å². The highest BCUT2D eigenvalue weighted by molar-refractivity contribution is 6.15. The molecule has 0 aromatic heterocycles. The molecule has 3 saturated carbocycles. The predicted molar refractivity (Wildman–Crippen MR) is 120 cm³/mol. The Morgan fingerprint density at radius 2 is 1.71 bits per heavy atom. The molecule has 0 unspecified atom stereocenters. The van der Waals surface area contributed by atoms with E-state index in [9.17, 15) is 24.0 Å². The monoisotopic (exact) mass is 490 g/mol. The van der Waals surface area contributed by atoms with Crippen molar-refractivity contribution in [2.45, 2.75) is 65.9 Å². The van der Waals surface area contributed by atoms with Crippen LogP contribution in [0.15, 0.2) is 12.2 Å². The fourth-order valence-electron chi connectivity index (χ4n) is 7.54. The van der Waals surface area contributed by atoms with E-state index in [0.29, 0.717) is 37.7 Å². The molecule has 4 fully saturated rings. The van der Waals surface area contributed by atoms with Crippen LogP contribution in [0.25, 0.3) is 0 Å². The van der Waals surface area contributed by atoms with Gasteiger partial charge in [0.2, 0.25) is 0 Å². The van der Waals surface area contributed by atoms with Gasteiger partial charge in [0, 0.05) is 32.1 Å². The van der Waals surface area contributed by atoms with Crippen LogP contribution in [0.3, 0.4) is 0 Å². The van der Waals surface area contributed by atoms with E-state index < -0.39 is 58.1 Å². The number of Topliss-reactive ketones (excluding diaryl/α,β-unsaturated/α-hetero) is 1. The SMILES string of the molecule is C=C1C(=O)[C@]23C[C@H]1CC[C@H]2[C@]1(COC3=O)[C@@H](OC(C)=O)CC[C@](C)(COC(C)=O)[C@H]1COC(C)=O. The topological polar surface area (TPSA) is 122 Å². The van der Waals surface area contributed by atoms with Crippen molar-refractivity contribution in [2.24, 2.45) is 34.0 Å². The van der Waals surface area contributed by atoms with Gasteiger partial charge in [0.05, 0.1) is 18.6 Å². The first-order chi connectivity index (χ1) is 16.4. The van der Waals surface area contributed by atoms with Crippen LogP contribution in [0.5, 0.6) is 0 Å². The number of ether oxygens (including phenoxy) is 4. The lowest BCUT2D eigenvalue weighted by molar-refractivity contribution is -0.254. The maximum atomic E-state index is 13.6. The lowest BCUT2D eigenvalue weighted by Gasteiger charge is -2.63. The summed E-state index contributed by atoms with van der Waals surface area (Å²) >= 11 is 0. The summed E-state index contributed by atoms with van der Waals surface area (Å²) in [7, 11) is 0. The summed E-state index contributed by atoms with van der Waals surface area (Å²) < 4.78 is 22.7. The summed E-state index contributed by atoms with van der Waals surface area (Å²) in [6.45, 7) is 9.81. The Hall–Kier alpha value is -2.71. The highest BCUT2D eigenvalue weighted by atomic mass is 16.6. The van der Waals surface area contributed by atoms with Gasteiger partial charge in [-0.15, -0.1) is 0 Å². The number of carbonyl (C=O) groups is 5. The van der Waals surface area contributed by atoms with Gasteiger partial charge in [0.1, 0.15) is 18.1 Å². The first kappa shape index (κ1) is 25.4. The largest absolute Gasteiger partial charge is 0.466 e. The molecule has 35 heavy (non-hydrogen) atoms. The van der Waals surface area contributed by atoms with Gasteiger partial charge >= 0.3 is 23.9 Å². The summed E-state index contributed by atoms with van der Waals surface area (Å²) in [6.07, 6.45) is 1.82. The van der Waals surface area contributed by atoms with Gasteiger partial charge in [-0.3, -0.25) is 24.0 Å². The van der Waals surface area contributed by atoms with Crippen LogP contribution < -0.4 is 0 Å². The summed E-state index contributed by atoms with van der Waals surface area (Å²) in [5.41, 5.74) is -2.64. The van der Waals surface area contributed by atoms with Gasteiger partial charge in [0.15, 0.2) is 5.78 Å². The van der Waals surface area contributed by atoms with Crippen molar-refractivity contribution in [3.05, 3.63) is 12.2 Å². The van der Waals surface area contributed by atoms with E-state index in [4.69, 9.17) is 18.9 Å². The first-order valence-electron chi connectivity index (χ1n) is 12.2. The number of cyclic esters (lactones) is 1. The number of carbonyl (C=O) groups excluding carboxylic acids is 5. The number of allylic oxidation sites excluding steroid dienone is 1. The third-order valence-electron chi connectivity index (χ3n) is 9.06. The second-order valence-electron chi connectivity index (χ2n) is 11.0. The number of hydrogen-bond acceptors (Lipinski definition) is 9. The average molecular weight is 491 g/mol. The van der Waals surface area contributed by atoms with Gasteiger partial charge in [-0.05, 0) is 49.5 Å². The summed E-state index contributed by atoms with van der Waals surface area (Å²) in [6, 6.07) is 0. The molecule has 4 rings (SSSR count). The van der Waals surface area contributed by atoms with Gasteiger partial charge in [0.25, 0.3) is 0 Å². The molecule has 2 spiro atoms. The molecule has 0 aromatic carbocycles.